The molecule has 1 unspecified atom stereocenters. The Hall–Kier alpha value is -4.14. The van der Waals surface area contributed by atoms with E-state index in [0.717, 1.165) is 5.56 Å². The molecule has 0 spiro atoms. The fraction of sp³-hybridized carbons (Fsp3) is 0.308. The number of hydrogen-bond donors (Lipinski definition) is 3. The quantitative estimate of drug-likeness (QED) is 0.296. The zero-order chi connectivity index (χ0) is 25.8. The van der Waals surface area contributed by atoms with Gasteiger partial charge in [0.05, 0.1) is 11.6 Å². The predicted molar refractivity (Wildman–Crippen MR) is 130 cm³/mol. The number of hydrogen-bond acceptors (Lipinski definition) is 6. The number of carbonyl (C=O) groups is 3. The van der Waals surface area contributed by atoms with Gasteiger partial charge in [0.2, 0.25) is 0 Å². The molecule has 2 amide bonds. The highest BCUT2D eigenvalue weighted by Crippen LogP contribution is 2.43. The number of aromatic nitrogens is 2. The van der Waals surface area contributed by atoms with E-state index in [-0.39, 0.29) is 28.1 Å². The molecule has 0 bridgehead atoms. The van der Waals surface area contributed by atoms with Crippen molar-refractivity contribution in [3.05, 3.63) is 75.3 Å². The number of aliphatic hydroxyl groups excluding tert-OH is 1. The summed E-state index contributed by atoms with van der Waals surface area (Å²) in [6.07, 6.45) is 0. The highest BCUT2D eigenvalue weighted by molar-refractivity contribution is 6.51. The minimum absolute atomic E-state index is 0.103. The Balaban J connectivity index is 1.97. The fourth-order valence-corrected chi connectivity index (χ4v) is 4.50. The van der Waals surface area contributed by atoms with Gasteiger partial charge in [-0.2, -0.15) is 0 Å². The molecule has 182 valence electrons. The van der Waals surface area contributed by atoms with Crippen LogP contribution >= 0.6 is 0 Å². The number of nitrogens with one attached hydrogen (secondary N) is 1. The molecule has 3 heterocycles. The second-order valence-electron chi connectivity index (χ2n) is 9.83. The average Bonchev–Trinajstić information content (AvgIpc) is 3.41. The van der Waals surface area contributed by atoms with E-state index in [1.807, 2.05) is 24.3 Å². The normalized spacial score (nSPS) is 17.9. The van der Waals surface area contributed by atoms with E-state index in [1.165, 1.54) is 4.90 Å². The fourth-order valence-electron chi connectivity index (χ4n) is 4.50. The van der Waals surface area contributed by atoms with E-state index in [2.05, 4.69) is 30.9 Å². The zero-order valence-electron chi connectivity index (χ0n) is 20.5. The molecular formula is C26H28N4O5. The Morgan fingerprint density at radius 1 is 1.14 bits per heavy atom. The summed E-state index contributed by atoms with van der Waals surface area (Å²) < 4.78 is 5.17. The molecule has 35 heavy (non-hydrogen) atoms. The van der Waals surface area contributed by atoms with Crippen LogP contribution in [0.5, 0.6) is 0 Å². The standard InChI is InChI=1S/C26H28N4O5/c1-12-11-17(29-35-12)30-21(15-7-9-16(10-8-15)26(4,5)6)19(23(32)25(30)34)22(31)18-13(2)20(24(27)33)28-14(18)3/h7-11,21,28,31H,1-6H3,(H2,27,33)/b22-19+. The summed E-state index contributed by atoms with van der Waals surface area (Å²) in [6, 6.07) is 8.12. The van der Waals surface area contributed by atoms with Crippen molar-refractivity contribution in [1.29, 1.82) is 0 Å². The van der Waals surface area contributed by atoms with E-state index in [1.54, 1.807) is 26.8 Å². The van der Waals surface area contributed by atoms with Crippen molar-refractivity contribution in [2.75, 3.05) is 4.90 Å². The molecule has 0 aliphatic carbocycles. The van der Waals surface area contributed by atoms with E-state index in [4.69, 9.17) is 10.3 Å². The van der Waals surface area contributed by atoms with Crippen LogP contribution in [0.25, 0.3) is 5.76 Å². The lowest BCUT2D eigenvalue weighted by Gasteiger charge is -2.24. The smallest absolute Gasteiger partial charge is 0.301 e. The Morgan fingerprint density at radius 2 is 1.77 bits per heavy atom. The van der Waals surface area contributed by atoms with Crippen LogP contribution in [-0.2, 0) is 15.0 Å². The van der Waals surface area contributed by atoms with E-state index in [9.17, 15) is 19.5 Å². The summed E-state index contributed by atoms with van der Waals surface area (Å²) >= 11 is 0. The number of primary amides is 1. The first-order chi connectivity index (χ1) is 16.3. The summed E-state index contributed by atoms with van der Waals surface area (Å²) in [5, 5.41) is 15.4. The molecule has 1 saturated heterocycles. The van der Waals surface area contributed by atoms with Crippen LogP contribution in [0.4, 0.5) is 5.82 Å². The molecule has 1 aliphatic heterocycles. The third kappa shape index (κ3) is 3.92. The third-order valence-electron chi connectivity index (χ3n) is 6.32. The summed E-state index contributed by atoms with van der Waals surface area (Å²) in [4.78, 5) is 42.5. The largest absolute Gasteiger partial charge is 0.507 e. The SMILES string of the molecule is Cc1cc(N2C(=O)C(=O)/C(=C(/O)c3c(C)[nH]c(C(N)=O)c3C)C2c2ccc(C(C)(C)C)cc2)no1. The van der Waals surface area contributed by atoms with Crippen LogP contribution < -0.4 is 10.6 Å². The number of anilines is 1. The van der Waals surface area contributed by atoms with Crippen LogP contribution in [0.2, 0.25) is 0 Å². The first-order valence-electron chi connectivity index (χ1n) is 11.2. The second kappa shape index (κ2) is 8.26. The van der Waals surface area contributed by atoms with E-state index in [0.29, 0.717) is 22.6 Å². The van der Waals surface area contributed by atoms with Gasteiger partial charge in [0.15, 0.2) is 5.82 Å². The number of rotatable bonds is 4. The Morgan fingerprint density at radius 3 is 2.26 bits per heavy atom. The minimum Gasteiger partial charge on any atom is -0.507 e. The molecule has 2 aromatic heterocycles. The van der Waals surface area contributed by atoms with Crippen molar-refractivity contribution >= 4 is 29.2 Å². The number of amides is 2. The molecule has 1 aromatic carbocycles. The van der Waals surface area contributed by atoms with Gasteiger partial charge in [0.1, 0.15) is 17.2 Å². The van der Waals surface area contributed by atoms with Gasteiger partial charge in [-0.05, 0) is 42.9 Å². The number of aromatic amines is 1. The number of ketones is 1. The van der Waals surface area contributed by atoms with E-state index >= 15 is 0 Å². The van der Waals surface area contributed by atoms with Gasteiger partial charge >= 0.3 is 5.91 Å². The minimum atomic E-state index is -0.959. The lowest BCUT2D eigenvalue weighted by Crippen LogP contribution is -2.29. The Kier molecular flexibility index (Phi) is 5.67. The summed E-state index contributed by atoms with van der Waals surface area (Å²) in [5.74, 6) is -2.17. The summed E-state index contributed by atoms with van der Waals surface area (Å²) in [6.45, 7) is 11.2. The van der Waals surface area contributed by atoms with Gasteiger partial charge in [-0.25, -0.2) is 0 Å². The molecule has 9 heteroatoms. The monoisotopic (exact) mass is 476 g/mol. The van der Waals surface area contributed by atoms with Gasteiger partial charge < -0.3 is 20.3 Å². The molecule has 4 rings (SSSR count). The molecule has 1 aliphatic rings. The van der Waals surface area contributed by atoms with Crippen LogP contribution in [0, 0.1) is 20.8 Å². The van der Waals surface area contributed by atoms with Crippen molar-refractivity contribution < 1.29 is 24.0 Å². The van der Waals surface area contributed by atoms with Crippen LogP contribution in [0.3, 0.4) is 0 Å². The van der Waals surface area contributed by atoms with Crippen molar-refractivity contribution in [1.82, 2.24) is 10.1 Å². The van der Waals surface area contributed by atoms with Gasteiger partial charge in [-0.3, -0.25) is 19.3 Å². The molecule has 9 nitrogen and oxygen atoms in total. The maximum Gasteiger partial charge on any atom is 0.301 e. The zero-order valence-corrected chi connectivity index (χ0v) is 20.5. The molecule has 1 atom stereocenters. The summed E-state index contributed by atoms with van der Waals surface area (Å²) in [5.41, 5.74) is 8.12. The predicted octanol–water partition coefficient (Wildman–Crippen LogP) is 3.95. The van der Waals surface area contributed by atoms with Crippen molar-refractivity contribution in [3.63, 3.8) is 0 Å². The Labute approximate surface area is 202 Å². The van der Waals surface area contributed by atoms with Gasteiger partial charge in [0, 0.05) is 17.3 Å². The van der Waals surface area contributed by atoms with Crippen LogP contribution in [0.1, 0.15) is 71.0 Å². The highest BCUT2D eigenvalue weighted by Gasteiger charge is 2.48. The molecule has 0 saturated carbocycles. The molecule has 0 radical (unpaired) electrons. The van der Waals surface area contributed by atoms with Crippen molar-refractivity contribution in [3.8, 4) is 0 Å². The van der Waals surface area contributed by atoms with Crippen LogP contribution in [0.15, 0.2) is 40.4 Å². The van der Waals surface area contributed by atoms with E-state index < -0.39 is 29.4 Å². The summed E-state index contributed by atoms with van der Waals surface area (Å²) in [7, 11) is 0. The molecule has 3 aromatic rings. The van der Waals surface area contributed by atoms with Gasteiger partial charge in [-0.15, -0.1) is 0 Å². The second-order valence-corrected chi connectivity index (χ2v) is 9.83. The number of benzene rings is 1. The highest BCUT2D eigenvalue weighted by atomic mass is 16.5. The molecule has 1 fully saturated rings. The molecular weight excluding hydrogens is 448 g/mol. The van der Waals surface area contributed by atoms with Crippen molar-refractivity contribution in [2.24, 2.45) is 5.73 Å². The number of carbonyl (C=O) groups excluding carboxylic acids is 3. The van der Waals surface area contributed by atoms with Gasteiger partial charge in [-0.1, -0.05) is 50.2 Å². The Bertz CT molecular complexity index is 1390. The number of nitrogens with two attached hydrogens (primary N) is 1. The number of nitrogens with zero attached hydrogens (tertiary/aromatic N) is 2. The maximum atomic E-state index is 13.3. The van der Waals surface area contributed by atoms with Crippen molar-refractivity contribution in [2.45, 2.75) is 53.0 Å². The number of H-pyrrole nitrogens is 1. The third-order valence-corrected chi connectivity index (χ3v) is 6.32. The average molecular weight is 477 g/mol. The first-order valence-corrected chi connectivity index (χ1v) is 11.2. The maximum absolute atomic E-state index is 13.3. The first kappa shape index (κ1) is 24.0. The van der Waals surface area contributed by atoms with Crippen LogP contribution in [-0.4, -0.2) is 32.8 Å². The lowest BCUT2D eigenvalue weighted by molar-refractivity contribution is -0.132. The van der Waals surface area contributed by atoms with Gasteiger partial charge in [0.25, 0.3) is 11.7 Å². The number of aryl methyl sites for hydroxylation is 2. The number of Topliss-reactive ketones (excluding diaryl/α,β-unsaturated/α-hetero) is 1. The topological polar surface area (TPSA) is 143 Å². The molecule has 4 N–H and O–H groups in total. The number of aliphatic hydroxyl groups is 1. The lowest BCUT2D eigenvalue weighted by atomic mass is 9.85.